The van der Waals surface area contributed by atoms with Gasteiger partial charge in [0.2, 0.25) is 0 Å². The zero-order valence-electron chi connectivity index (χ0n) is 9.78. The molecule has 0 saturated carbocycles. The Bertz CT molecular complexity index is 351. The third-order valence-electron chi connectivity index (χ3n) is 3.34. The van der Waals surface area contributed by atoms with Crippen LogP contribution >= 0.6 is 0 Å². The average Bonchev–Trinajstić information content (AvgIpc) is 2.77. The molecule has 0 spiro atoms. The van der Waals surface area contributed by atoms with Crippen LogP contribution in [0.2, 0.25) is 0 Å². The number of likely N-dealkylation sites (tertiary alicyclic amines) is 1. The summed E-state index contributed by atoms with van der Waals surface area (Å²) in [5, 5.41) is 0. The number of alkyl halides is 2. The van der Waals surface area contributed by atoms with Gasteiger partial charge in [-0.2, -0.15) is 0 Å². The van der Waals surface area contributed by atoms with Crippen molar-refractivity contribution in [2.45, 2.75) is 19.4 Å². The van der Waals surface area contributed by atoms with Crippen LogP contribution in [0.25, 0.3) is 0 Å². The lowest BCUT2D eigenvalue weighted by Crippen LogP contribution is -2.22. The smallest absolute Gasteiger partial charge is 0.263 e. The molecule has 1 aromatic rings. The SMILES string of the molecule is NCC1CCN(Cc2ccc(C(F)F)cc2)C1. The summed E-state index contributed by atoms with van der Waals surface area (Å²) in [6, 6.07) is 6.60. The van der Waals surface area contributed by atoms with Crippen molar-refractivity contribution in [3.8, 4) is 0 Å². The number of rotatable bonds is 4. The maximum atomic E-state index is 12.4. The molecule has 1 aliphatic heterocycles. The van der Waals surface area contributed by atoms with Crippen molar-refractivity contribution in [3.05, 3.63) is 35.4 Å². The Morgan fingerprint density at radius 1 is 1.29 bits per heavy atom. The number of hydrogen-bond donors (Lipinski definition) is 1. The molecule has 4 heteroatoms. The highest BCUT2D eigenvalue weighted by atomic mass is 19.3. The van der Waals surface area contributed by atoms with Crippen molar-refractivity contribution in [2.24, 2.45) is 11.7 Å². The fourth-order valence-electron chi connectivity index (χ4n) is 2.28. The van der Waals surface area contributed by atoms with E-state index in [4.69, 9.17) is 5.73 Å². The van der Waals surface area contributed by atoms with Gasteiger partial charge in [0.05, 0.1) is 0 Å². The fraction of sp³-hybridized carbons (Fsp3) is 0.538. The minimum atomic E-state index is -2.38. The van der Waals surface area contributed by atoms with Gasteiger partial charge in [0.15, 0.2) is 0 Å². The summed E-state index contributed by atoms with van der Waals surface area (Å²) in [6.45, 7) is 3.65. The lowest BCUT2D eigenvalue weighted by molar-refractivity contribution is 0.151. The second kappa shape index (κ2) is 5.56. The van der Waals surface area contributed by atoms with E-state index in [1.165, 1.54) is 12.1 Å². The Kier molecular flexibility index (Phi) is 4.07. The van der Waals surface area contributed by atoms with E-state index in [2.05, 4.69) is 4.90 Å². The van der Waals surface area contributed by atoms with E-state index in [0.717, 1.165) is 38.2 Å². The van der Waals surface area contributed by atoms with Gasteiger partial charge in [-0.25, -0.2) is 8.78 Å². The van der Waals surface area contributed by atoms with Gasteiger partial charge >= 0.3 is 0 Å². The first-order chi connectivity index (χ1) is 8.19. The first-order valence-electron chi connectivity index (χ1n) is 5.98. The standard InChI is InChI=1S/C13H18F2N2/c14-13(15)12-3-1-10(2-4-12)8-17-6-5-11(7-16)9-17/h1-4,11,13H,5-9,16H2. The van der Waals surface area contributed by atoms with Crippen molar-refractivity contribution < 1.29 is 8.78 Å². The topological polar surface area (TPSA) is 29.3 Å². The van der Waals surface area contributed by atoms with Gasteiger partial charge in [-0.3, -0.25) is 4.90 Å². The van der Waals surface area contributed by atoms with E-state index in [1.54, 1.807) is 12.1 Å². The molecule has 17 heavy (non-hydrogen) atoms. The van der Waals surface area contributed by atoms with E-state index in [0.29, 0.717) is 5.92 Å². The van der Waals surface area contributed by atoms with Crippen molar-refractivity contribution >= 4 is 0 Å². The summed E-state index contributed by atoms with van der Waals surface area (Å²) >= 11 is 0. The van der Waals surface area contributed by atoms with E-state index >= 15 is 0 Å². The normalized spacial score (nSPS) is 21.3. The minimum absolute atomic E-state index is 0.0926. The Morgan fingerprint density at radius 2 is 2.00 bits per heavy atom. The minimum Gasteiger partial charge on any atom is -0.330 e. The lowest BCUT2D eigenvalue weighted by Gasteiger charge is -2.15. The number of nitrogens with zero attached hydrogens (tertiary/aromatic N) is 1. The Morgan fingerprint density at radius 3 is 2.53 bits per heavy atom. The maximum Gasteiger partial charge on any atom is 0.263 e. The molecular formula is C13H18F2N2. The largest absolute Gasteiger partial charge is 0.330 e. The number of nitrogens with two attached hydrogens (primary N) is 1. The molecule has 1 atom stereocenters. The molecule has 1 aliphatic rings. The summed E-state index contributed by atoms with van der Waals surface area (Å²) < 4.78 is 24.8. The second-order valence-electron chi connectivity index (χ2n) is 4.67. The van der Waals surface area contributed by atoms with Crippen LogP contribution in [0, 0.1) is 5.92 Å². The summed E-state index contributed by atoms with van der Waals surface area (Å²) in [4.78, 5) is 2.33. The Labute approximate surface area is 100 Å². The summed E-state index contributed by atoms with van der Waals surface area (Å²) in [6.07, 6.45) is -1.23. The summed E-state index contributed by atoms with van der Waals surface area (Å²) in [5.41, 5.74) is 6.82. The Balaban J connectivity index is 1.91. The molecular weight excluding hydrogens is 222 g/mol. The van der Waals surface area contributed by atoms with Crippen LogP contribution < -0.4 is 5.73 Å². The van der Waals surface area contributed by atoms with Gasteiger partial charge in [0.25, 0.3) is 6.43 Å². The molecule has 2 N–H and O–H groups in total. The predicted molar refractivity (Wildman–Crippen MR) is 63.8 cm³/mol. The average molecular weight is 240 g/mol. The molecule has 1 aromatic carbocycles. The van der Waals surface area contributed by atoms with Gasteiger partial charge in [-0.1, -0.05) is 24.3 Å². The number of benzene rings is 1. The van der Waals surface area contributed by atoms with E-state index in [1.807, 2.05) is 0 Å². The predicted octanol–water partition coefficient (Wildman–Crippen LogP) is 2.40. The highest BCUT2D eigenvalue weighted by Crippen LogP contribution is 2.21. The molecule has 1 saturated heterocycles. The molecule has 0 radical (unpaired) electrons. The van der Waals surface area contributed by atoms with Crippen LogP contribution in [0.1, 0.15) is 24.0 Å². The molecule has 1 unspecified atom stereocenters. The fourth-order valence-corrected chi connectivity index (χ4v) is 2.28. The van der Waals surface area contributed by atoms with Crippen LogP contribution in [0.15, 0.2) is 24.3 Å². The van der Waals surface area contributed by atoms with Crippen LogP contribution in [0.4, 0.5) is 8.78 Å². The van der Waals surface area contributed by atoms with Crippen molar-refractivity contribution in [1.82, 2.24) is 4.90 Å². The van der Waals surface area contributed by atoms with Crippen molar-refractivity contribution in [1.29, 1.82) is 0 Å². The molecule has 0 amide bonds. The van der Waals surface area contributed by atoms with Crippen molar-refractivity contribution in [2.75, 3.05) is 19.6 Å². The summed E-state index contributed by atoms with van der Waals surface area (Å²) in [5.74, 6) is 0.593. The first kappa shape index (κ1) is 12.5. The quantitative estimate of drug-likeness (QED) is 0.875. The lowest BCUT2D eigenvalue weighted by atomic mass is 10.1. The molecule has 1 heterocycles. The molecule has 2 rings (SSSR count). The highest BCUT2D eigenvalue weighted by Gasteiger charge is 2.20. The number of hydrogen-bond acceptors (Lipinski definition) is 2. The van der Waals surface area contributed by atoms with Gasteiger partial charge < -0.3 is 5.73 Å². The van der Waals surface area contributed by atoms with Gasteiger partial charge in [-0.05, 0) is 31.0 Å². The van der Waals surface area contributed by atoms with Crippen LogP contribution in [-0.2, 0) is 6.54 Å². The maximum absolute atomic E-state index is 12.4. The molecule has 0 aromatic heterocycles. The highest BCUT2D eigenvalue weighted by molar-refractivity contribution is 5.23. The van der Waals surface area contributed by atoms with Crippen molar-refractivity contribution in [3.63, 3.8) is 0 Å². The monoisotopic (exact) mass is 240 g/mol. The molecule has 1 fully saturated rings. The van der Waals surface area contributed by atoms with Crippen LogP contribution in [-0.4, -0.2) is 24.5 Å². The van der Waals surface area contributed by atoms with E-state index in [-0.39, 0.29) is 5.56 Å². The molecule has 2 nitrogen and oxygen atoms in total. The van der Waals surface area contributed by atoms with Gasteiger partial charge in [0, 0.05) is 18.7 Å². The zero-order chi connectivity index (χ0) is 12.3. The molecule has 94 valence electrons. The van der Waals surface area contributed by atoms with Crippen LogP contribution in [0.3, 0.4) is 0 Å². The second-order valence-corrected chi connectivity index (χ2v) is 4.67. The third-order valence-corrected chi connectivity index (χ3v) is 3.34. The zero-order valence-corrected chi connectivity index (χ0v) is 9.78. The number of halogens is 2. The molecule has 0 aliphatic carbocycles. The van der Waals surface area contributed by atoms with E-state index in [9.17, 15) is 8.78 Å². The van der Waals surface area contributed by atoms with Gasteiger partial charge in [-0.15, -0.1) is 0 Å². The van der Waals surface area contributed by atoms with E-state index < -0.39 is 6.43 Å². The first-order valence-corrected chi connectivity index (χ1v) is 5.98. The summed E-state index contributed by atoms with van der Waals surface area (Å²) in [7, 11) is 0. The van der Waals surface area contributed by atoms with Crippen LogP contribution in [0.5, 0.6) is 0 Å². The Hall–Kier alpha value is -1.00. The van der Waals surface area contributed by atoms with Gasteiger partial charge in [0.1, 0.15) is 0 Å². The third kappa shape index (κ3) is 3.23. The molecule has 0 bridgehead atoms.